The van der Waals surface area contributed by atoms with E-state index >= 15 is 0 Å². The number of rotatable bonds is 3. The van der Waals surface area contributed by atoms with Crippen molar-refractivity contribution >= 4 is 17.6 Å². The second-order valence-electron chi connectivity index (χ2n) is 4.54. The van der Waals surface area contributed by atoms with Gasteiger partial charge < -0.3 is 10.2 Å². The lowest BCUT2D eigenvalue weighted by atomic mass is 9.79. The summed E-state index contributed by atoms with van der Waals surface area (Å²) in [6.45, 7) is 5.38. The maximum atomic E-state index is 10.8. The number of hydrogen-bond acceptors (Lipinski definition) is 2. The van der Waals surface area contributed by atoms with Gasteiger partial charge in [0.2, 0.25) is 0 Å². The molecular weight excluding hydrogens is 228 g/mol. The number of hydrogen-bond donors (Lipinski definition) is 2. The Balaban J connectivity index is 3.31. The molecule has 16 heavy (non-hydrogen) atoms. The Hall–Kier alpha value is -1.22. The number of halogens is 1. The van der Waals surface area contributed by atoms with Gasteiger partial charge in [-0.1, -0.05) is 31.5 Å². The van der Waals surface area contributed by atoms with Crippen molar-refractivity contribution in [2.45, 2.75) is 32.6 Å². The minimum absolute atomic E-state index is 0.0204. The van der Waals surface area contributed by atoms with Gasteiger partial charge in [-0.15, -0.1) is 0 Å². The van der Waals surface area contributed by atoms with Crippen molar-refractivity contribution in [3.8, 4) is 5.75 Å². The molecule has 0 saturated carbocycles. The summed E-state index contributed by atoms with van der Waals surface area (Å²) >= 11 is 5.83. The number of aromatic hydroxyl groups is 1. The summed E-state index contributed by atoms with van der Waals surface area (Å²) in [5.41, 5.74) is 0.792. The molecule has 0 bridgehead atoms. The summed E-state index contributed by atoms with van der Waals surface area (Å²) in [5, 5.41) is 19.0. The summed E-state index contributed by atoms with van der Waals surface area (Å²) in [4.78, 5) is 10.8. The van der Waals surface area contributed by atoms with E-state index in [-0.39, 0.29) is 17.2 Å². The normalized spacial score (nSPS) is 11.5. The largest absolute Gasteiger partial charge is 0.506 e. The Morgan fingerprint density at radius 3 is 2.50 bits per heavy atom. The van der Waals surface area contributed by atoms with E-state index in [9.17, 15) is 9.90 Å². The topological polar surface area (TPSA) is 57.5 Å². The van der Waals surface area contributed by atoms with Gasteiger partial charge in [0.05, 0.1) is 11.4 Å². The van der Waals surface area contributed by atoms with Crippen molar-refractivity contribution in [2.75, 3.05) is 0 Å². The third-order valence-corrected chi connectivity index (χ3v) is 2.91. The average Bonchev–Trinajstić information content (AvgIpc) is 2.09. The Kier molecular flexibility index (Phi) is 3.48. The molecule has 0 aliphatic heterocycles. The molecule has 0 atom stereocenters. The number of aryl methyl sites for hydroxylation is 1. The van der Waals surface area contributed by atoms with E-state index in [1.165, 1.54) is 0 Å². The summed E-state index contributed by atoms with van der Waals surface area (Å²) in [5.74, 6) is -0.920. The molecule has 4 heteroatoms. The van der Waals surface area contributed by atoms with Crippen LogP contribution in [0.25, 0.3) is 0 Å². The van der Waals surface area contributed by atoms with Crippen LogP contribution in [-0.4, -0.2) is 16.2 Å². The molecule has 1 aromatic carbocycles. The lowest BCUT2D eigenvalue weighted by Crippen LogP contribution is -2.23. The van der Waals surface area contributed by atoms with Gasteiger partial charge in [-0.3, -0.25) is 4.79 Å². The van der Waals surface area contributed by atoms with Gasteiger partial charge in [-0.2, -0.15) is 0 Å². The highest BCUT2D eigenvalue weighted by atomic mass is 35.5. The average molecular weight is 243 g/mol. The molecule has 0 aliphatic carbocycles. The van der Waals surface area contributed by atoms with Crippen LogP contribution in [0.2, 0.25) is 5.02 Å². The zero-order valence-corrected chi connectivity index (χ0v) is 10.3. The molecule has 0 heterocycles. The van der Waals surface area contributed by atoms with Gasteiger partial charge >= 0.3 is 5.97 Å². The number of carbonyl (C=O) groups is 1. The van der Waals surface area contributed by atoms with Crippen LogP contribution in [-0.2, 0) is 10.2 Å². The molecule has 0 aliphatic rings. The van der Waals surface area contributed by atoms with Crippen LogP contribution < -0.4 is 0 Å². The molecule has 0 radical (unpaired) electrons. The monoisotopic (exact) mass is 242 g/mol. The van der Waals surface area contributed by atoms with Crippen LogP contribution in [0, 0.1) is 6.92 Å². The van der Waals surface area contributed by atoms with Gasteiger partial charge in [0.15, 0.2) is 0 Å². The van der Waals surface area contributed by atoms with Crippen molar-refractivity contribution in [3.05, 3.63) is 28.3 Å². The van der Waals surface area contributed by atoms with E-state index in [0.717, 1.165) is 5.56 Å². The quantitative estimate of drug-likeness (QED) is 0.856. The van der Waals surface area contributed by atoms with E-state index in [1.54, 1.807) is 26.0 Å². The second-order valence-corrected chi connectivity index (χ2v) is 4.95. The van der Waals surface area contributed by atoms with Gasteiger partial charge in [0, 0.05) is 11.0 Å². The van der Waals surface area contributed by atoms with Crippen LogP contribution in [0.15, 0.2) is 12.1 Å². The summed E-state index contributed by atoms with van der Waals surface area (Å²) in [7, 11) is 0. The minimum Gasteiger partial charge on any atom is -0.506 e. The molecule has 0 spiro atoms. The molecule has 3 nitrogen and oxygen atoms in total. The first-order valence-electron chi connectivity index (χ1n) is 4.96. The highest BCUT2D eigenvalue weighted by Gasteiger charge is 2.29. The molecule has 0 unspecified atom stereocenters. The van der Waals surface area contributed by atoms with Gasteiger partial charge in [-0.25, -0.2) is 0 Å². The number of aliphatic carboxylic acids is 1. The molecule has 2 N–H and O–H groups in total. The third kappa shape index (κ3) is 2.47. The molecule has 1 aromatic rings. The van der Waals surface area contributed by atoms with Crippen molar-refractivity contribution < 1.29 is 15.0 Å². The molecule has 0 saturated heterocycles. The lowest BCUT2D eigenvalue weighted by Gasteiger charge is -2.26. The van der Waals surface area contributed by atoms with Gasteiger partial charge in [0.25, 0.3) is 0 Å². The number of phenolic OH excluding ortho intramolecular Hbond substituents is 1. The molecule has 1 rings (SSSR count). The van der Waals surface area contributed by atoms with E-state index < -0.39 is 11.4 Å². The highest BCUT2D eigenvalue weighted by Crippen LogP contribution is 2.40. The van der Waals surface area contributed by atoms with Crippen molar-refractivity contribution in [2.24, 2.45) is 0 Å². The Morgan fingerprint density at radius 2 is 2.00 bits per heavy atom. The highest BCUT2D eigenvalue weighted by molar-refractivity contribution is 6.32. The smallest absolute Gasteiger partial charge is 0.304 e. The Morgan fingerprint density at radius 1 is 1.44 bits per heavy atom. The molecule has 88 valence electrons. The summed E-state index contributed by atoms with van der Waals surface area (Å²) in [6.07, 6.45) is -0.0538. The van der Waals surface area contributed by atoms with Gasteiger partial charge in [0.1, 0.15) is 5.75 Å². The second kappa shape index (κ2) is 4.34. The predicted molar refractivity (Wildman–Crippen MR) is 63.1 cm³/mol. The Bertz CT molecular complexity index is 425. The van der Waals surface area contributed by atoms with Crippen LogP contribution in [0.3, 0.4) is 0 Å². The fourth-order valence-electron chi connectivity index (χ4n) is 1.99. The first-order valence-corrected chi connectivity index (χ1v) is 5.34. The maximum Gasteiger partial charge on any atom is 0.304 e. The lowest BCUT2D eigenvalue weighted by molar-refractivity contribution is -0.138. The molecule has 0 aromatic heterocycles. The first kappa shape index (κ1) is 12.8. The van der Waals surface area contributed by atoms with Crippen molar-refractivity contribution in [3.63, 3.8) is 0 Å². The fourth-order valence-corrected chi connectivity index (χ4v) is 2.14. The summed E-state index contributed by atoms with van der Waals surface area (Å²) in [6, 6.07) is 3.38. The van der Waals surface area contributed by atoms with Crippen molar-refractivity contribution in [1.29, 1.82) is 0 Å². The standard InChI is InChI=1S/C12H15ClO3/c1-7-4-5-8(13)11(16)10(7)12(2,3)6-9(14)15/h4-5,16H,6H2,1-3H3,(H,14,15). The SMILES string of the molecule is Cc1ccc(Cl)c(O)c1C(C)(C)CC(=O)O. The minimum atomic E-state index is -0.899. The zero-order chi connectivity index (χ0) is 12.5. The molecular formula is C12H15ClO3. The van der Waals surface area contributed by atoms with Crippen LogP contribution in [0.1, 0.15) is 31.4 Å². The zero-order valence-electron chi connectivity index (χ0n) is 9.54. The molecule has 0 fully saturated rings. The van der Waals surface area contributed by atoms with E-state index in [2.05, 4.69) is 0 Å². The maximum absolute atomic E-state index is 10.8. The van der Waals surface area contributed by atoms with Crippen LogP contribution >= 0.6 is 11.6 Å². The number of carboxylic acid groups (broad SMARTS) is 1. The number of phenols is 1. The van der Waals surface area contributed by atoms with E-state index in [4.69, 9.17) is 16.7 Å². The van der Waals surface area contributed by atoms with E-state index in [1.807, 2.05) is 6.92 Å². The number of carboxylic acids is 1. The third-order valence-electron chi connectivity index (χ3n) is 2.61. The number of benzene rings is 1. The fraction of sp³-hybridized carbons (Fsp3) is 0.417. The molecule has 0 amide bonds. The first-order chi connectivity index (χ1) is 7.25. The van der Waals surface area contributed by atoms with E-state index in [0.29, 0.717) is 5.56 Å². The van der Waals surface area contributed by atoms with Crippen LogP contribution in [0.4, 0.5) is 0 Å². The van der Waals surface area contributed by atoms with Crippen LogP contribution in [0.5, 0.6) is 5.75 Å². The van der Waals surface area contributed by atoms with Gasteiger partial charge in [-0.05, 0) is 18.6 Å². The predicted octanol–water partition coefficient (Wildman–Crippen LogP) is 3.11. The Labute approximate surface area is 99.7 Å². The van der Waals surface area contributed by atoms with Crippen molar-refractivity contribution in [1.82, 2.24) is 0 Å². The summed E-state index contributed by atoms with van der Waals surface area (Å²) < 4.78 is 0.